The maximum atomic E-state index is 12.1. The summed E-state index contributed by atoms with van der Waals surface area (Å²) in [5, 5.41) is 23.7. The Hall–Kier alpha value is -3.58. The Kier molecular flexibility index (Phi) is 4.20. The highest BCUT2D eigenvalue weighted by molar-refractivity contribution is 6.98. The molecular formula is C22H17NO5Si. The standard InChI is InChI=1S/C22H17NO5Si/c1-29(2)20-10-14(25)4-7-17(20)22(18-8-5-15(26)11-21(18)29)16-6-3-13(12-24)9-19(16)23(27)28/h3-12,25H,1-2H3. The highest BCUT2D eigenvalue weighted by atomic mass is 28.3. The summed E-state index contributed by atoms with van der Waals surface area (Å²) in [5.41, 5.74) is 2.62. The van der Waals surface area contributed by atoms with E-state index in [2.05, 4.69) is 13.1 Å². The van der Waals surface area contributed by atoms with Gasteiger partial charge in [0.2, 0.25) is 0 Å². The molecule has 1 aliphatic heterocycles. The first-order valence-corrected chi connectivity index (χ1v) is 12.0. The van der Waals surface area contributed by atoms with Crippen LogP contribution in [0.25, 0.3) is 5.57 Å². The normalized spacial score (nSPS) is 16.8. The van der Waals surface area contributed by atoms with Gasteiger partial charge in [0.15, 0.2) is 5.78 Å². The fourth-order valence-electron chi connectivity index (χ4n) is 4.09. The topological polar surface area (TPSA) is 97.5 Å². The molecule has 2 aromatic rings. The Morgan fingerprint density at radius 3 is 2.48 bits per heavy atom. The van der Waals surface area contributed by atoms with Gasteiger partial charge in [-0.1, -0.05) is 31.3 Å². The van der Waals surface area contributed by atoms with E-state index < -0.39 is 13.0 Å². The minimum Gasteiger partial charge on any atom is -0.508 e. The average Bonchev–Trinajstić information content (AvgIpc) is 2.69. The minimum atomic E-state index is -2.34. The number of benzene rings is 2. The van der Waals surface area contributed by atoms with Crippen LogP contribution in [-0.2, 0) is 4.79 Å². The van der Waals surface area contributed by atoms with Crippen molar-refractivity contribution in [3.05, 3.63) is 92.2 Å². The van der Waals surface area contributed by atoms with Gasteiger partial charge in [0.25, 0.3) is 5.69 Å². The molecule has 29 heavy (non-hydrogen) atoms. The molecule has 0 spiro atoms. The molecule has 0 radical (unpaired) electrons. The molecule has 4 rings (SSSR count). The molecule has 2 aromatic carbocycles. The summed E-state index contributed by atoms with van der Waals surface area (Å²) in [4.78, 5) is 34.5. The number of nitro benzene ring substituents is 1. The summed E-state index contributed by atoms with van der Waals surface area (Å²) in [6.45, 7) is 4.18. The Balaban J connectivity index is 2.14. The van der Waals surface area contributed by atoms with Gasteiger partial charge in [0.1, 0.15) is 20.1 Å². The second-order valence-electron chi connectivity index (χ2n) is 7.59. The number of phenolic OH excluding ortho intramolecular Hbond substituents is 1. The van der Waals surface area contributed by atoms with Gasteiger partial charge >= 0.3 is 0 Å². The van der Waals surface area contributed by atoms with Gasteiger partial charge in [-0.3, -0.25) is 19.7 Å². The first-order valence-electron chi connectivity index (χ1n) is 9.00. The number of carbonyl (C=O) groups is 2. The van der Waals surface area contributed by atoms with Crippen molar-refractivity contribution in [2.24, 2.45) is 0 Å². The Labute approximate surface area is 167 Å². The number of ketones is 1. The molecule has 0 fully saturated rings. The van der Waals surface area contributed by atoms with E-state index in [1.165, 1.54) is 12.1 Å². The SMILES string of the molecule is C[Si]1(C)C2=CC(=O)C=CC2=C(c2ccc(C=O)cc2[N+](=O)[O-])c2ccc(O)cc21. The highest BCUT2D eigenvalue weighted by Crippen LogP contribution is 2.43. The molecule has 0 unspecified atom stereocenters. The monoisotopic (exact) mass is 403 g/mol. The number of hydrogen-bond donors (Lipinski definition) is 1. The van der Waals surface area contributed by atoms with Crippen molar-refractivity contribution in [2.75, 3.05) is 0 Å². The van der Waals surface area contributed by atoms with E-state index in [0.29, 0.717) is 17.4 Å². The van der Waals surface area contributed by atoms with Crippen LogP contribution in [-0.4, -0.2) is 30.2 Å². The van der Waals surface area contributed by atoms with Crippen LogP contribution >= 0.6 is 0 Å². The first-order chi connectivity index (χ1) is 13.7. The molecule has 0 bridgehead atoms. The quantitative estimate of drug-likeness (QED) is 0.366. The number of allylic oxidation sites excluding steroid dienone is 5. The van der Waals surface area contributed by atoms with E-state index in [1.807, 2.05) is 0 Å². The zero-order valence-electron chi connectivity index (χ0n) is 15.8. The number of aromatic hydroxyl groups is 1. The molecule has 2 aliphatic rings. The number of nitro groups is 1. The Morgan fingerprint density at radius 2 is 1.79 bits per heavy atom. The number of rotatable bonds is 3. The van der Waals surface area contributed by atoms with Crippen molar-refractivity contribution in [1.82, 2.24) is 0 Å². The number of hydrogen-bond acceptors (Lipinski definition) is 5. The lowest BCUT2D eigenvalue weighted by molar-refractivity contribution is -0.385. The second-order valence-corrected chi connectivity index (χ2v) is 11.9. The zero-order valence-corrected chi connectivity index (χ0v) is 16.8. The van der Waals surface area contributed by atoms with Gasteiger partial charge in [-0.15, -0.1) is 0 Å². The smallest absolute Gasteiger partial charge is 0.277 e. The van der Waals surface area contributed by atoms with Crippen LogP contribution in [0, 0.1) is 10.1 Å². The highest BCUT2D eigenvalue weighted by Gasteiger charge is 2.41. The third-order valence-corrected chi connectivity index (χ3v) is 9.02. The van der Waals surface area contributed by atoms with Crippen molar-refractivity contribution in [1.29, 1.82) is 0 Å². The zero-order chi connectivity index (χ0) is 20.9. The molecule has 7 heteroatoms. The number of phenols is 1. The van der Waals surface area contributed by atoms with Crippen molar-refractivity contribution >= 4 is 36.6 Å². The summed E-state index contributed by atoms with van der Waals surface area (Å²) in [7, 11) is -2.34. The molecule has 0 saturated heterocycles. The molecular weight excluding hydrogens is 386 g/mol. The third-order valence-electron chi connectivity index (χ3n) is 5.50. The summed E-state index contributed by atoms with van der Waals surface area (Å²) in [6, 6.07) is 9.38. The van der Waals surface area contributed by atoms with Crippen LogP contribution in [0.3, 0.4) is 0 Å². The first kappa shape index (κ1) is 18.8. The van der Waals surface area contributed by atoms with Gasteiger partial charge < -0.3 is 5.11 Å². The molecule has 6 nitrogen and oxygen atoms in total. The third kappa shape index (κ3) is 2.87. The lowest BCUT2D eigenvalue weighted by atomic mass is 9.88. The summed E-state index contributed by atoms with van der Waals surface area (Å²) in [6.07, 6.45) is 5.34. The van der Waals surface area contributed by atoms with Gasteiger partial charge in [-0.25, -0.2) is 0 Å². The Bertz CT molecular complexity index is 1200. The average molecular weight is 403 g/mol. The van der Waals surface area contributed by atoms with Crippen LogP contribution < -0.4 is 5.19 Å². The fourth-order valence-corrected chi connectivity index (χ4v) is 7.16. The summed E-state index contributed by atoms with van der Waals surface area (Å²) >= 11 is 0. The molecule has 0 atom stereocenters. The molecule has 1 aliphatic carbocycles. The van der Waals surface area contributed by atoms with Gasteiger partial charge in [0.05, 0.1) is 10.5 Å². The van der Waals surface area contributed by atoms with Gasteiger partial charge in [0, 0.05) is 17.2 Å². The number of aldehydes is 1. The van der Waals surface area contributed by atoms with Crippen LogP contribution in [0.5, 0.6) is 5.75 Å². The second kappa shape index (κ2) is 6.49. The van der Waals surface area contributed by atoms with E-state index in [4.69, 9.17) is 0 Å². The van der Waals surface area contributed by atoms with Crippen molar-refractivity contribution in [3.8, 4) is 5.75 Å². The maximum absolute atomic E-state index is 12.1. The lowest BCUT2D eigenvalue weighted by Crippen LogP contribution is -2.49. The van der Waals surface area contributed by atoms with E-state index in [0.717, 1.165) is 21.5 Å². The maximum Gasteiger partial charge on any atom is 0.277 e. The lowest BCUT2D eigenvalue weighted by Gasteiger charge is -2.37. The molecule has 0 aromatic heterocycles. The summed E-state index contributed by atoms with van der Waals surface area (Å²) in [5.74, 6) is -0.0192. The number of nitrogens with zero attached hydrogens (tertiary/aromatic N) is 1. The molecule has 0 amide bonds. The number of fused-ring (bicyclic) bond motifs is 2. The van der Waals surface area contributed by atoms with Crippen molar-refractivity contribution in [2.45, 2.75) is 13.1 Å². The van der Waals surface area contributed by atoms with Gasteiger partial charge in [-0.05, 0) is 51.9 Å². The van der Waals surface area contributed by atoms with E-state index >= 15 is 0 Å². The molecule has 1 N–H and O–H groups in total. The van der Waals surface area contributed by atoms with E-state index in [-0.39, 0.29) is 22.8 Å². The van der Waals surface area contributed by atoms with Gasteiger partial charge in [-0.2, -0.15) is 0 Å². The molecule has 0 saturated carbocycles. The van der Waals surface area contributed by atoms with E-state index in [1.54, 1.807) is 42.5 Å². The fraction of sp³-hybridized carbons (Fsp3) is 0.0909. The number of carbonyl (C=O) groups excluding carboxylic acids is 2. The van der Waals surface area contributed by atoms with Crippen LogP contribution in [0.15, 0.2) is 65.4 Å². The summed E-state index contributed by atoms with van der Waals surface area (Å²) < 4.78 is 0. The van der Waals surface area contributed by atoms with Crippen molar-refractivity contribution < 1.29 is 19.6 Å². The predicted molar refractivity (Wildman–Crippen MR) is 112 cm³/mol. The minimum absolute atomic E-state index is 0.108. The van der Waals surface area contributed by atoms with Crippen LogP contribution in [0.4, 0.5) is 5.69 Å². The Morgan fingerprint density at radius 1 is 1.07 bits per heavy atom. The van der Waals surface area contributed by atoms with E-state index in [9.17, 15) is 24.8 Å². The predicted octanol–water partition coefficient (Wildman–Crippen LogP) is 3.45. The largest absolute Gasteiger partial charge is 0.508 e. The molecule has 1 heterocycles. The van der Waals surface area contributed by atoms with Crippen LogP contribution in [0.2, 0.25) is 13.1 Å². The molecule has 144 valence electrons. The van der Waals surface area contributed by atoms with Crippen molar-refractivity contribution in [3.63, 3.8) is 0 Å². The van der Waals surface area contributed by atoms with Crippen LogP contribution in [0.1, 0.15) is 21.5 Å².